The molecule has 0 bridgehead atoms. The second kappa shape index (κ2) is 5.56. The number of H-pyrrole nitrogens is 1. The number of hydrogen-bond acceptors (Lipinski definition) is 2. The van der Waals surface area contributed by atoms with Gasteiger partial charge in [-0.1, -0.05) is 30.3 Å². The Morgan fingerprint density at radius 3 is 2.74 bits per heavy atom. The van der Waals surface area contributed by atoms with E-state index in [1.807, 2.05) is 24.3 Å². The van der Waals surface area contributed by atoms with E-state index in [2.05, 4.69) is 40.7 Å². The SMILES string of the molecule is Cc1[nH]c2ccccc2c1Cc1nc2ccccc2n1CCO. The molecule has 0 amide bonds. The molecule has 0 atom stereocenters. The van der Waals surface area contributed by atoms with Crippen LogP contribution < -0.4 is 0 Å². The molecule has 4 heteroatoms. The zero-order valence-corrected chi connectivity index (χ0v) is 13.1. The maximum absolute atomic E-state index is 9.42. The van der Waals surface area contributed by atoms with E-state index in [0.29, 0.717) is 6.54 Å². The quantitative estimate of drug-likeness (QED) is 0.607. The molecule has 2 aromatic heterocycles. The smallest absolute Gasteiger partial charge is 0.114 e. The van der Waals surface area contributed by atoms with Gasteiger partial charge in [0, 0.05) is 29.6 Å². The van der Waals surface area contributed by atoms with E-state index in [-0.39, 0.29) is 6.61 Å². The fourth-order valence-corrected chi connectivity index (χ4v) is 3.33. The van der Waals surface area contributed by atoms with Crippen molar-refractivity contribution < 1.29 is 5.11 Å². The number of benzene rings is 2. The minimum absolute atomic E-state index is 0.111. The first-order chi connectivity index (χ1) is 11.3. The highest BCUT2D eigenvalue weighted by molar-refractivity contribution is 5.85. The van der Waals surface area contributed by atoms with E-state index in [9.17, 15) is 5.11 Å². The first kappa shape index (κ1) is 14.0. The highest BCUT2D eigenvalue weighted by atomic mass is 16.3. The first-order valence-electron chi connectivity index (χ1n) is 7.89. The van der Waals surface area contributed by atoms with Gasteiger partial charge in [-0.3, -0.25) is 0 Å². The molecule has 23 heavy (non-hydrogen) atoms. The van der Waals surface area contributed by atoms with Crippen LogP contribution in [0.25, 0.3) is 21.9 Å². The zero-order chi connectivity index (χ0) is 15.8. The molecule has 0 radical (unpaired) electrons. The monoisotopic (exact) mass is 305 g/mol. The third kappa shape index (κ3) is 2.32. The van der Waals surface area contributed by atoms with Crippen LogP contribution in [0.15, 0.2) is 48.5 Å². The van der Waals surface area contributed by atoms with Gasteiger partial charge in [0.1, 0.15) is 5.82 Å². The Kier molecular flexibility index (Phi) is 3.39. The third-order valence-corrected chi connectivity index (χ3v) is 4.42. The number of fused-ring (bicyclic) bond motifs is 2. The van der Waals surface area contributed by atoms with Crippen molar-refractivity contribution in [1.82, 2.24) is 14.5 Å². The number of para-hydroxylation sites is 3. The Bertz CT molecular complexity index is 981. The van der Waals surface area contributed by atoms with Crippen molar-refractivity contribution in [3.63, 3.8) is 0 Å². The Hall–Kier alpha value is -2.59. The number of aliphatic hydroxyl groups excluding tert-OH is 1. The number of aliphatic hydroxyl groups is 1. The minimum atomic E-state index is 0.111. The average molecular weight is 305 g/mol. The van der Waals surface area contributed by atoms with Gasteiger partial charge in [0.2, 0.25) is 0 Å². The van der Waals surface area contributed by atoms with E-state index < -0.39 is 0 Å². The average Bonchev–Trinajstić information content (AvgIpc) is 3.07. The number of aromatic amines is 1. The van der Waals surface area contributed by atoms with Crippen LogP contribution in [-0.2, 0) is 13.0 Å². The van der Waals surface area contributed by atoms with Crippen LogP contribution in [0, 0.1) is 6.92 Å². The molecular formula is C19H19N3O. The van der Waals surface area contributed by atoms with Crippen molar-refractivity contribution >= 4 is 21.9 Å². The summed E-state index contributed by atoms with van der Waals surface area (Å²) in [5, 5.41) is 10.7. The van der Waals surface area contributed by atoms with Gasteiger partial charge in [-0.05, 0) is 30.7 Å². The van der Waals surface area contributed by atoms with E-state index in [4.69, 9.17) is 4.98 Å². The van der Waals surface area contributed by atoms with Crippen molar-refractivity contribution in [1.29, 1.82) is 0 Å². The van der Waals surface area contributed by atoms with Gasteiger partial charge in [-0.2, -0.15) is 0 Å². The van der Waals surface area contributed by atoms with Crippen LogP contribution >= 0.6 is 0 Å². The van der Waals surface area contributed by atoms with Crippen LogP contribution in [0.3, 0.4) is 0 Å². The van der Waals surface area contributed by atoms with Crippen molar-refractivity contribution in [2.45, 2.75) is 19.9 Å². The van der Waals surface area contributed by atoms with E-state index in [0.717, 1.165) is 28.8 Å². The number of nitrogens with zero attached hydrogens (tertiary/aromatic N) is 2. The van der Waals surface area contributed by atoms with E-state index in [1.54, 1.807) is 0 Å². The highest BCUT2D eigenvalue weighted by Crippen LogP contribution is 2.26. The molecule has 2 aromatic carbocycles. The standard InChI is InChI=1S/C19H19N3O/c1-13-15(14-6-2-3-7-16(14)20-13)12-19-21-17-8-4-5-9-18(17)22(19)10-11-23/h2-9,20,23H,10-12H2,1H3. The van der Waals surface area contributed by atoms with Gasteiger partial charge >= 0.3 is 0 Å². The molecule has 116 valence electrons. The number of imidazole rings is 1. The minimum Gasteiger partial charge on any atom is -0.395 e. The lowest BCUT2D eigenvalue weighted by atomic mass is 10.1. The Morgan fingerprint density at radius 2 is 1.87 bits per heavy atom. The molecular weight excluding hydrogens is 286 g/mol. The summed E-state index contributed by atoms with van der Waals surface area (Å²) in [6.45, 7) is 2.78. The summed E-state index contributed by atoms with van der Waals surface area (Å²) < 4.78 is 2.12. The molecule has 0 spiro atoms. The molecule has 2 heterocycles. The molecule has 4 aromatic rings. The third-order valence-electron chi connectivity index (χ3n) is 4.42. The summed E-state index contributed by atoms with van der Waals surface area (Å²) in [7, 11) is 0. The number of aromatic nitrogens is 3. The van der Waals surface area contributed by atoms with E-state index in [1.165, 1.54) is 16.6 Å². The first-order valence-corrected chi connectivity index (χ1v) is 7.89. The van der Waals surface area contributed by atoms with Crippen molar-refractivity contribution in [2.24, 2.45) is 0 Å². The second-order valence-corrected chi connectivity index (χ2v) is 5.84. The molecule has 4 nitrogen and oxygen atoms in total. The fraction of sp³-hybridized carbons (Fsp3) is 0.211. The molecule has 2 N–H and O–H groups in total. The van der Waals surface area contributed by atoms with Gasteiger partial charge < -0.3 is 14.7 Å². The number of nitrogens with one attached hydrogen (secondary N) is 1. The fourth-order valence-electron chi connectivity index (χ4n) is 3.33. The molecule has 0 saturated heterocycles. The summed E-state index contributed by atoms with van der Waals surface area (Å²) in [4.78, 5) is 8.24. The maximum Gasteiger partial charge on any atom is 0.114 e. The lowest BCUT2D eigenvalue weighted by Gasteiger charge is -2.08. The normalized spacial score (nSPS) is 11.6. The predicted octanol–water partition coefficient (Wildman–Crippen LogP) is 3.41. The van der Waals surface area contributed by atoms with Crippen molar-refractivity contribution in [3.05, 3.63) is 65.6 Å². The predicted molar refractivity (Wildman–Crippen MR) is 92.7 cm³/mol. The molecule has 0 aliphatic carbocycles. The molecule has 0 aliphatic rings. The van der Waals surface area contributed by atoms with Crippen LogP contribution in [0.4, 0.5) is 0 Å². The van der Waals surface area contributed by atoms with Crippen molar-refractivity contribution in [2.75, 3.05) is 6.61 Å². The molecule has 0 aliphatic heterocycles. The maximum atomic E-state index is 9.42. The van der Waals surface area contributed by atoms with Crippen LogP contribution in [0.5, 0.6) is 0 Å². The molecule has 0 unspecified atom stereocenters. The second-order valence-electron chi connectivity index (χ2n) is 5.84. The zero-order valence-electron chi connectivity index (χ0n) is 13.1. The van der Waals surface area contributed by atoms with Crippen LogP contribution in [-0.4, -0.2) is 26.2 Å². The summed E-state index contributed by atoms with van der Waals surface area (Å²) in [5.41, 5.74) is 5.66. The number of aryl methyl sites for hydroxylation is 1. The highest BCUT2D eigenvalue weighted by Gasteiger charge is 2.14. The molecule has 4 rings (SSSR count). The Morgan fingerprint density at radius 1 is 1.09 bits per heavy atom. The summed E-state index contributed by atoms with van der Waals surface area (Å²) in [6, 6.07) is 16.4. The Labute approximate surface area is 134 Å². The molecule has 0 saturated carbocycles. The number of rotatable bonds is 4. The van der Waals surface area contributed by atoms with Gasteiger partial charge in [0.15, 0.2) is 0 Å². The number of hydrogen-bond donors (Lipinski definition) is 2. The van der Waals surface area contributed by atoms with Gasteiger partial charge in [0.05, 0.1) is 17.6 Å². The van der Waals surface area contributed by atoms with Crippen LogP contribution in [0.1, 0.15) is 17.1 Å². The van der Waals surface area contributed by atoms with Crippen LogP contribution in [0.2, 0.25) is 0 Å². The summed E-state index contributed by atoms with van der Waals surface area (Å²) >= 11 is 0. The lowest BCUT2D eigenvalue weighted by molar-refractivity contribution is 0.276. The largest absolute Gasteiger partial charge is 0.395 e. The summed E-state index contributed by atoms with van der Waals surface area (Å²) in [5.74, 6) is 0.994. The summed E-state index contributed by atoms with van der Waals surface area (Å²) in [6.07, 6.45) is 0.754. The lowest BCUT2D eigenvalue weighted by Crippen LogP contribution is -2.07. The topological polar surface area (TPSA) is 53.8 Å². The molecule has 0 fully saturated rings. The van der Waals surface area contributed by atoms with Gasteiger partial charge in [-0.25, -0.2) is 4.98 Å². The van der Waals surface area contributed by atoms with Gasteiger partial charge in [0.25, 0.3) is 0 Å². The van der Waals surface area contributed by atoms with Gasteiger partial charge in [-0.15, -0.1) is 0 Å². The Balaban J connectivity index is 1.86. The van der Waals surface area contributed by atoms with E-state index >= 15 is 0 Å². The van der Waals surface area contributed by atoms with Crippen molar-refractivity contribution in [3.8, 4) is 0 Å².